The molecular weight excluding hydrogens is 434 g/mol. The van der Waals surface area contributed by atoms with Crippen molar-refractivity contribution in [3.63, 3.8) is 0 Å². The van der Waals surface area contributed by atoms with Crippen LogP contribution in [0.4, 0.5) is 40.8 Å². The minimum Gasteiger partial charge on any atom is -0.466 e. The van der Waals surface area contributed by atoms with E-state index >= 15 is 0 Å². The second kappa shape index (κ2) is 7.89. The molecule has 0 aliphatic heterocycles. The number of alkyl halides is 3. The first-order valence-corrected chi connectivity index (χ1v) is 7.58. The molecule has 1 amide bonds. The van der Waals surface area contributed by atoms with E-state index in [1.807, 2.05) is 0 Å². The minimum absolute atomic E-state index is 0.456. The molecule has 30 heavy (non-hydrogen) atoms. The normalized spacial score (nSPS) is 13.5. The average Bonchev–Trinajstić information content (AvgIpc) is 2.69. The van der Waals surface area contributed by atoms with Gasteiger partial charge in [-0.15, -0.1) is 0 Å². The van der Waals surface area contributed by atoms with Crippen molar-refractivity contribution in [3.05, 3.63) is 64.5 Å². The van der Waals surface area contributed by atoms with Gasteiger partial charge in [0.1, 0.15) is 5.56 Å². The second-order valence-electron chi connectivity index (χ2n) is 5.68. The molecule has 2 N–H and O–H groups in total. The first kappa shape index (κ1) is 23.1. The first-order chi connectivity index (χ1) is 13.8. The monoisotopic (exact) mass is 443 g/mol. The Hall–Kier alpha value is -3.22. The molecule has 2 rings (SSSR count). The van der Waals surface area contributed by atoms with Crippen LogP contribution in [0, 0.1) is 29.1 Å². The van der Waals surface area contributed by atoms with E-state index in [2.05, 4.69) is 4.74 Å². The lowest BCUT2D eigenvalue weighted by molar-refractivity contribution is -0.266. The van der Waals surface area contributed by atoms with Crippen molar-refractivity contribution in [2.45, 2.75) is 11.8 Å². The molecule has 0 spiro atoms. The van der Waals surface area contributed by atoms with Gasteiger partial charge in [-0.2, -0.15) is 13.2 Å². The Morgan fingerprint density at radius 2 is 1.30 bits per heavy atom. The molecule has 2 aromatic carbocycles. The van der Waals surface area contributed by atoms with Gasteiger partial charge in [0.25, 0.3) is 11.5 Å². The fourth-order valence-corrected chi connectivity index (χ4v) is 2.34. The number of ether oxygens (including phenoxy) is 1. The van der Waals surface area contributed by atoms with Crippen LogP contribution >= 0.6 is 0 Å². The molecular formula is C17H9F8NO4. The van der Waals surface area contributed by atoms with E-state index in [-0.39, 0.29) is 0 Å². The highest BCUT2D eigenvalue weighted by Crippen LogP contribution is 2.40. The number of carbonyl (C=O) groups is 2. The number of nitrogens with one attached hydrogen (secondary N) is 1. The summed E-state index contributed by atoms with van der Waals surface area (Å²) < 4.78 is 110. The van der Waals surface area contributed by atoms with Crippen LogP contribution in [0.1, 0.15) is 15.9 Å². The molecule has 0 aliphatic rings. The molecule has 0 bridgehead atoms. The lowest BCUT2D eigenvalue weighted by atomic mass is 9.93. The highest BCUT2D eigenvalue weighted by atomic mass is 19.4. The smallest absolute Gasteiger partial charge is 0.432 e. The fraction of sp³-hybridized carbons (Fsp3) is 0.176. The van der Waals surface area contributed by atoms with Gasteiger partial charge in [-0.1, -0.05) is 12.1 Å². The van der Waals surface area contributed by atoms with Crippen molar-refractivity contribution in [1.82, 2.24) is 0 Å². The van der Waals surface area contributed by atoms with Crippen LogP contribution in [0.25, 0.3) is 0 Å². The molecule has 0 heterocycles. The van der Waals surface area contributed by atoms with Crippen molar-refractivity contribution >= 4 is 17.6 Å². The number of carbonyl (C=O) groups excluding carboxylic acids is 2. The van der Waals surface area contributed by atoms with Gasteiger partial charge in [-0.05, 0) is 12.1 Å². The number of halogens is 8. The summed E-state index contributed by atoms with van der Waals surface area (Å²) in [7, 11) is 0.595. The van der Waals surface area contributed by atoms with E-state index in [0.29, 0.717) is 31.4 Å². The molecule has 1 atom stereocenters. The van der Waals surface area contributed by atoms with E-state index in [4.69, 9.17) is 0 Å². The van der Waals surface area contributed by atoms with Gasteiger partial charge < -0.3 is 15.2 Å². The number of hydrogen-bond acceptors (Lipinski definition) is 4. The summed E-state index contributed by atoms with van der Waals surface area (Å²) in [5.74, 6) is -15.9. The molecule has 0 radical (unpaired) electrons. The molecule has 13 heteroatoms. The predicted octanol–water partition coefficient (Wildman–Crippen LogP) is 3.56. The lowest BCUT2D eigenvalue weighted by Gasteiger charge is -2.28. The third kappa shape index (κ3) is 3.67. The van der Waals surface area contributed by atoms with Crippen molar-refractivity contribution in [3.8, 4) is 0 Å². The Morgan fingerprint density at radius 1 is 0.867 bits per heavy atom. The van der Waals surface area contributed by atoms with Crippen LogP contribution < -0.4 is 5.32 Å². The number of aliphatic hydroxyl groups is 1. The molecule has 2 aromatic rings. The maximum absolute atomic E-state index is 13.6. The molecule has 5 nitrogen and oxygen atoms in total. The average molecular weight is 443 g/mol. The third-order valence-electron chi connectivity index (χ3n) is 3.89. The van der Waals surface area contributed by atoms with Crippen molar-refractivity contribution in [2.75, 3.05) is 12.4 Å². The maximum atomic E-state index is 13.6. The number of hydrogen-bond donors (Lipinski definition) is 2. The second-order valence-corrected chi connectivity index (χ2v) is 5.68. The van der Waals surface area contributed by atoms with Gasteiger partial charge in [0.15, 0.2) is 23.3 Å². The van der Waals surface area contributed by atoms with E-state index in [9.17, 15) is 49.8 Å². The maximum Gasteiger partial charge on any atom is 0.432 e. The molecule has 0 saturated heterocycles. The minimum atomic E-state index is -5.50. The number of anilines is 1. The summed E-state index contributed by atoms with van der Waals surface area (Å²) in [6.07, 6.45) is -5.50. The standard InChI is InChI=1S/C17H9F8NO4/c1-30-15(28)16(29,17(23,24)25)6-2-4-7(5-3-6)26-14(27)8-9(18)11(20)13(22)12(21)10(8)19/h2-5,29H,1H3,(H,26,27). The largest absolute Gasteiger partial charge is 0.466 e. The third-order valence-corrected chi connectivity index (χ3v) is 3.89. The van der Waals surface area contributed by atoms with Crippen molar-refractivity contribution < 1.29 is 54.6 Å². The van der Waals surface area contributed by atoms with Gasteiger partial charge in [-0.25, -0.2) is 26.7 Å². The lowest BCUT2D eigenvalue weighted by Crippen LogP contribution is -2.49. The van der Waals surface area contributed by atoms with Crippen LogP contribution in [-0.4, -0.2) is 30.3 Å². The number of benzene rings is 2. The number of methoxy groups -OCH3 is 1. The van der Waals surface area contributed by atoms with Gasteiger partial charge in [0, 0.05) is 11.3 Å². The zero-order chi connectivity index (χ0) is 23.0. The van der Waals surface area contributed by atoms with Gasteiger partial charge in [0.05, 0.1) is 7.11 Å². The van der Waals surface area contributed by atoms with E-state index < -0.39 is 69.6 Å². The Labute approximate surface area is 161 Å². The van der Waals surface area contributed by atoms with Crippen molar-refractivity contribution in [1.29, 1.82) is 0 Å². The Kier molecular flexibility index (Phi) is 6.07. The first-order valence-electron chi connectivity index (χ1n) is 7.58. The zero-order valence-electron chi connectivity index (χ0n) is 14.5. The summed E-state index contributed by atoms with van der Waals surface area (Å²) in [6.45, 7) is 0. The number of esters is 1. The summed E-state index contributed by atoms with van der Waals surface area (Å²) >= 11 is 0. The number of rotatable bonds is 4. The van der Waals surface area contributed by atoms with Crippen molar-refractivity contribution in [2.24, 2.45) is 0 Å². The Bertz CT molecular complexity index is 977. The fourth-order valence-electron chi connectivity index (χ4n) is 2.34. The van der Waals surface area contributed by atoms with Gasteiger partial charge in [-0.3, -0.25) is 4.79 Å². The van der Waals surface area contributed by atoms with Gasteiger partial charge >= 0.3 is 12.1 Å². The Morgan fingerprint density at radius 3 is 1.70 bits per heavy atom. The SMILES string of the molecule is COC(=O)C(O)(c1ccc(NC(=O)c2c(F)c(F)c(F)c(F)c2F)cc1)C(F)(F)F. The van der Waals surface area contributed by atoms with Crippen LogP contribution in [0.15, 0.2) is 24.3 Å². The van der Waals surface area contributed by atoms with Crippen LogP contribution in [0.3, 0.4) is 0 Å². The molecule has 162 valence electrons. The highest BCUT2D eigenvalue weighted by molar-refractivity contribution is 6.04. The molecule has 0 saturated carbocycles. The summed E-state index contributed by atoms with van der Waals surface area (Å²) in [5, 5.41) is 11.5. The predicted molar refractivity (Wildman–Crippen MR) is 82.6 cm³/mol. The Balaban J connectivity index is 2.40. The zero-order valence-corrected chi connectivity index (χ0v) is 14.5. The molecule has 1 unspecified atom stereocenters. The highest BCUT2D eigenvalue weighted by Gasteiger charge is 2.62. The van der Waals surface area contributed by atoms with E-state index in [0.717, 1.165) is 0 Å². The molecule has 0 aliphatic carbocycles. The van der Waals surface area contributed by atoms with Crippen LogP contribution in [-0.2, 0) is 15.1 Å². The van der Waals surface area contributed by atoms with Gasteiger partial charge in [0.2, 0.25) is 5.82 Å². The quantitative estimate of drug-likeness (QED) is 0.328. The molecule has 0 aromatic heterocycles. The summed E-state index contributed by atoms with van der Waals surface area (Å²) in [5.41, 5.74) is -7.37. The van der Waals surface area contributed by atoms with Crippen LogP contribution in [0.5, 0.6) is 0 Å². The molecule has 0 fully saturated rings. The van der Waals surface area contributed by atoms with Crippen LogP contribution in [0.2, 0.25) is 0 Å². The van der Waals surface area contributed by atoms with E-state index in [1.165, 1.54) is 0 Å². The summed E-state index contributed by atoms with van der Waals surface area (Å²) in [6, 6.07) is 2.41. The summed E-state index contributed by atoms with van der Waals surface area (Å²) in [4.78, 5) is 23.4. The topological polar surface area (TPSA) is 75.6 Å². The van der Waals surface area contributed by atoms with E-state index in [1.54, 1.807) is 5.32 Å². The number of amides is 1.